The van der Waals surface area contributed by atoms with E-state index in [9.17, 15) is 13.2 Å². The van der Waals surface area contributed by atoms with Crippen LogP contribution in [-0.2, 0) is 14.8 Å². The van der Waals surface area contributed by atoms with Crippen LogP contribution in [0.4, 0.5) is 5.13 Å². The lowest BCUT2D eigenvalue weighted by Crippen LogP contribution is -2.48. The van der Waals surface area contributed by atoms with Crippen molar-refractivity contribution < 1.29 is 17.9 Å². The van der Waals surface area contributed by atoms with Gasteiger partial charge in [0.05, 0.1) is 28.3 Å². The maximum absolute atomic E-state index is 12.8. The molecule has 0 unspecified atom stereocenters. The number of amides is 1. The lowest BCUT2D eigenvalue weighted by molar-refractivity contribution is 0.0730. The number of benzene rings is 2. The largest absolute Gasteiger partial charge is 0.379 e. The van der Waals surface area contributed by atoms with Crippen molar-refractivity contribution in [1.29, 1.82) is 0 Å². The van der Waals surface area contributed by atoms with Gasteiger partial charge in [-0.05, 0) is 49.2 Å². The molecule has 9 nitrogen and oxygen atoms in total. The van der Waals surface area contributed by atoms with Crippen LogP contribution < -0.4 is 10.2 Å². The van der Waals surface area contributed by atoms with Crippen molar-refractivity contribution in [3.63, 3.8) is 0 Å². The van der Waals surface area contributed by atoms with Gasteiger partial charge in [0.25, 0.3) is 5.91 Å². The molecule has 11 heteroatoms. The second-order valence-electron chi connectivity index (χ2n) is 9.50. The Hall–Kier alpha value is -2.57. The first kappa shape index (κ1) is 26.1. The summed E-state index contributed by atoms with van der Waals surface area (Å²) in [5.74, 6) is -0.200. The van der Waals surface area contributed by atoms with E-state index in [-0.39, 0.29) is 10.8 Å². The lowest BCUT2D eigenvalue weighted by atomic mass is 10.1. The number of aromatic nitrogens is 1. The van der Waals surface area contributed by atoms with E-state index < -0.39 is 10.0 Å². The standard InChI is InChI=1S/C26H33N5O4S2/c1-19-3-4-20(2)24-23(19)28-26(36-24)30-13-11-29(12-14-30)10-9-27-25(32)21-5-7-22(8-6-21)37(33,34)31-15-17-35-18-16-31/h3-8H,9-18H2,1-2H3,(H,27,32). The van der Waals surface area contributed by atoms with Gasteiger partial charge >= 0.3 is 0 Å². The molecule has 2 aliphatic rings. The highest BCUT2D eigenvalue weighted by Gasteiger charge is 2.26. The maximum atomic E-state index is 12.8. The molecule has 198 valence electrons. The normalized spacial score (nSPS) is 17.8. The number of hydrogen-bond donors (Lipinski definition) is 1. The molecule has 3 aromatic rings. The monoisotopic (exact) mass is 543 g/mol. The zero-order valence-electron chi connectivity index (χ0n) is 21.3. The number of nitrogens with one attached hydrogen (secondary N) is 1. The summed E-state index contributed by atoms with van der Waals surface area (Å²) in [7, 11) is -3.57. The number of thiazole rings is 1. The number of ether oxygens (including phenoxy) is 1. The summed E-state index contributed by atoms with van der Waals surface area (Å²) < 4.78 is 33.5. The Morgan fingerprint density at radius 2 is 1.65 bits per heavy atom. The van der Waals surface area contributed by atoms with E-state index in [1.165, 1.54) is 32.3 Å². The highest BCUT2D eigenvalue weighted by molar-refractivity contribution is 7.89. The van der Waals surface area contributed by atoms with Crippen molar-refractivity contribution >= 4 is 42.6 Å². The Balaban J connectivity index is 1.09. The van der Waals surface area contributed by atoms with Crippen LogP contribution in [0, 0.1) is 13.8 Å². The molecule has 1 N–H and O–H groups in total. The number of anilines is 1. The molecule has 1 amide bonds. The fourth-order valence-corrected chi connectivity index (χ4v) is 7.26. The smallest absolute Gasteiger partial charge is 0.251 e. The first-order chi connectivity index (χ1) is 17.8. The summed E-state index contributed by atoms with van der Waals surface area (Å²) in [6.07, 6.45) is 0. The van der Waals surface area contributed by atoms with E-state index in [0.29, 0.717) is 38.4 Å². The van der Waals surface area contributed by atoms with Crippen LogP contribution in [0.3, 0.4) is 0 Å². The summed E-state index contributed by atoms with van der Waals surface area (Å²) in [6.45, 7) is 10.7. The van der Waals surface area contributed by atoms with Crippen LogP contribution in [0.25, 0.3) is 10.2 Å². The molecule has 1 aromatic heterocycles. The van der Waals surface area contributed by atoms with Gasteiger partial charge in [0, 0.05) is 57.9 Å². The van der Waals surface area contributed by atoms with Crippen molar-refractivity contribution in [2.45, 2.75) is 18.7 Å². The third-order valence-electron chi connectivity index (χ3n) is 7.01. The first-order valence-corrected chi connectivity index (χ1v) is 14.9. The van der Waals surface area contributed by atoms with E-state index in [0.717, 1.165) is 43.4 Å². The predicted molar refractivity (Wildman–Crippen MR) is 146 cm³/mol. The van der Waals surface area contributed by atoms with Crippen LogP contribution in [0.15, 0.2) is 41.3 Å². The van der Waals surface area contributed by atoms with Crippen LogP contribution >= 0.6 is 11.3 Å². The molecule has 0 saturated carbocycles. The quantitative estimate of drug-likeness (QED) is 0.489. The molecule has 0 radical (unpaired) electrons. The zero-order chi connectivity index (χ0) is 26.0. The average molecular weight is 544 g/mol. The predicted octanol–water partition coefficient (Wildman–Crippen LogP) is 2.49. The van der Waals surface area contributed by atoms with Crippen molar-refractivity contribution in [1.82, 2.24) is 19.5 Å². The number of carbonyl (C=O) groups is 1. The molecule has 3 heterocycles. The fraction of sp³-hybridized carbons (Fsp3) is 0.462. The van der Waals surface area contributed by atoms with Crippen molar-refractivity contribution in [3.8, 4) is 0 Å². The molecule has 2 saturated heterocycles. The minimum absolute atomic E-state index is 0.197. The van der Waals surface area contributed by atoms with Crippen LogP contribution in [0.5, 0.6) is 0 Å². The summed E-state index contributed by atoms with van der Waals surface area (Å²) in [4.78, 5) is 22.4. The number of carbonyl (C=O) groups excluding carboxylic acids is 1. The van der Waals surface area contributed by atoms with E-state index in [1.54, 1.807) is 23.5 Å². The molecule has 0 spiro atoms. The van der Waals surface area contributed by atoms with Gasteiger partial charge in [-0.2, -0.15) is 4.31 Å². The maximum Gasteiger partial charge on any atom is 0.251 e. The van der Waals surface area contributed by atoms with Gasteiger partial charge in [-0.25, -0.2) is 13.4 Å². The lowest BCUT2D eigenvalue weighted by Gasteiger charge is -2.34. The van der Waals surface area contributed by atoms with Crippen molar-refractivity contribution in [2.24, 2.45) is 0 Å². The second kappa shape index (κ2) is 11.0. The average Bonchev–Trinajstić information content (AvgIpc) is 3.39. The summed E-state index contributed by atoms with van der Waals surface area (Å²) in [5, 5.41) is 4.04. The molecule has 0 bridgehead atoms. The fourth-order valence-electron chi connectivity index (χ4n) is 4.69. The number of fused-ring (bicyclic) bond motifs is 1. The Morgan fingerprint density at radius 1 is 0.973 bits per heavy atom. The highest BCUT2D eigenvalue weighted by atomic mass is 32.2. The third kappa shape index (κ3) is 5.65. The third-order valence-corrected chi connectivity index (χ3v) is 10.2. The van der Waals surface area contributed by atoms with Gasteiger partial charge in [0.15, 0.2) is 5.13 Å². The van der Waals surface area contributed by atoms with Gasteiger partial charge in [0.1, 0.15) is 0 Å². The Labute approximate surface area is 222 Å². The van der Waals surface area contributed by atoms with Gasteiger partial charge in [-0.3, -0.25) is 9.69 Å². The van der Waals surface area contributed by atoms with Gasteiger partial charge in [-0.1, -0.05) is 23.5 Å². The minimum Gasteiger partial charge on any atom is -0.379 e. The van der Waals surface area contributed by atoms with Crippen LogP contribution in [0.2, 0.25) is 0 Å². The summed E-state index contributed by atoms with van der Waals surface area (Å²) >= 11 is 1.77. The van der Waals surface area contributed by atoms with Gasteiger partial charge in [0.2, 0.25) is 10.0 Å². The van der Waals surface area contributed by atoms with E-state index in [4.69, 9.17) is 9.72 Å². The number of piperazine rings is 1. The number of rotatable bonds is 7. The number of sulfonamides is 1. The Kier molecular flexibility index (Phi) is 7.77. The minimum atomic E-state index is -3.57. The SMILES string of the molecule is Cc1ccc(C)c2sc(N3CCN(CCNC(=O)c4ccc(S(=O)(=O)N5CCOCC5)cc4)CC3)nc12. The molecule has 2 aromatic carbocycles. The number of hydrogen-bond acceptors (Lipinski definition) is 8. The molecule has 0 atom stereocenters. The van der Waals surface area contributed by atoms with Gasteiger partial charge < -0.3 is 15.0 Å². The molecule has 2 fully saturated rings. The summed E-state index contributed by atoms with van der Waals surface area (Å²) in [5.41, 5.74) is 4.04. The van der Waals surface area contributed by atoms with Gasteiger partial charge in [-0.15, -0.1) is 0 Å². The van der Waals surface area contributed by atoms with E-state index in [1.807, 2.05) is 0 Å². The van der Waals surface area contributed by atoms with E-state index >= 15 is 0 Å². The molecular weight excluding hydrogens is 510 g/mol. The number of morpholine rings is 1. The molecule has 37 heavy (non-hydrogen) atoms. The van der Waals surface area contributed by atoms with E-state index in [2.05, 4.69) is 41.1 Å². The molecule has 0 aliphatic carbocycles. The first-order valence-electron chi connectivity index (χ1n) is 12.6. The Morgan fingerprint density at radius 3 is 2.32 bits per heavy atom. The topological polar surface area (TPSA) is 95.1 Å². The van der Waals surface area contributed by atoms with Crippen LogP contribution in [-0.4, -0.2) is 94.1 Å². The number of nitrogens with zero attached hydrogens (tertiary/aromatic N) is 4. The second-order valence-corrected chi connectivity index (χ2v) is 12.4. The molecule has 2 aliphatic heterocycles. The molecular formula is C26H33N5O4S2. The van der Waals surface area contributed by atoms with Crippen molar-refractivity contribution in [3.05, 3.63) is 53.1 Å². The molecule has 5 rings (SSSR count). The summed E-state index contributed by atoms with van der Waals surface area (Å²) in [6, 6.07) is 10.4. The van der Waals surface area contributed by atoms with Crippen molar-refractivity contribution in [2.75, 3.05) is 70.5 Å². The Bertz CT molecular complexity index is 1320. The highest BCUT2D eigenvalue weighted by Crippen LogP contribution is 2.33. The number of aryl methyl sites for hydroxylation is 2. The zero-order valence-corrected chi connectivity index (χ0v) is 22.9. The van der Waals surface area contributed by atoms with Crippen LogP contribution in [0.1, 0.15) is 21.5 Å².